The van der Waals surface area contributed by atoms with Crippen LogP contribution in [0.25, 0.3) is 0 Å². The van der Waals surface area contributed by atoms with E-state index in [2.05, 4.69) is 64.6 Å². The molecule has 66 heavy (non-hydrogen) atoms. The minimum atomic E-state index is -2.08. The molecular weight excluding hydrogens is 857 g/mol. The highest BCUT2D eigenvalue weighted by atomic mass is 28.4. The van der Waals surface area contributed by atoms with Crippen molar-refractivity contribution in [1.82, 2.24) is 0 Å². The summed E-state index contributed by atoms with van der Waals surface area (Å²) in [5.41, 5.74) is 1.71. The molecule has 2 aliphatic rings. The van der Waals surface area contributed by atoms with Crippen molar-refractivity contribution in [3.8, 4) is 23.0 Å². The van der Waals surface area contributed by atoms with Crippen molar-refractivity contribution in [2.45, 2.75) is 150 Å². The molecule has 2 aliphatic carbocycles. The third-order valence-corrected chi connectivity index (χ3v) is 17.1. The monoisotopic (exact) mass is 935 g/mol. The van der Waals surface area contributed by atoms with E-state index in [0.717, 1.165) is 30.4 Å². The minimum Gasteiger partial charge on any atom is -0.493 e. The van der Waals surface area contributed by atoms with Crippen molar-refractivity contribution in [3.05, 3.63) is 59.7 Å². The normalized spacial score (nSPS) is 19.0. The van der Waals surface area contributed by atoms with Crippen LogP contribution in [-0.4, -0.2) is 77.3 Å². The van der Waals surface area contributed by atoms with Crippen LogP contribution in [0.15, 0.2) is 48.6 Å². The number of methoxy groups -OCH3 is 2. The van der Waals surface area contributed by atoms with Gasteiger partial charge in [0.1, 0.15) is 11.2 Å². The number of nitrogens with one attached hydrogen (secondary N) is 2. The second kappa shape index (κ2) is 22.3. The fourth-order valence-electron chi connectivity index (χ4n) is 8.15. The largest absolute Gasteiger partial charge is 0.493 e. The van der Waals surface area contributed by atoms with Crippen LogP contribution in [0.3, 0.4) is 0 Å². The van der Waals surface area contributed by atoms with Crippen molar-refractivity contribution >= 4 is 43.4 Å². The van der Waals surface area contributed by atoms with Crippen LogP contribution in [0.1, 0.15) is 141 Å². The summed E-state index contributed by atoms with van der Waals surface area (Å²) in [6, 6.07) is 6.52. The maximum Gasteiger partial charge on any atom is 0.412 e. The van der Waals surface area contributed by atoms with Crippen LogP contribution in [-0.2, 0) is 13.9 Å². The topological polar surface area (TPSA) is 157 Å². The zero-order valence-electron chi connectivity index (χ0n) is 42.3. The second-order valence-corrected chi connectivity index (χ2v) is 26.2. The number of Topliss-reactive ketones (excluding diaryl/α,β-unsaturated/α-hetero) is 2. The Bertz CT molecular complexity index is 2090. The first-order valence-corrected chi connectivity index (χ1v) is 26.3. The number of hydrogen-bond acceptors (Lipinski definition) is 11. The zero-order valence-corrected chi connectivity index (χ0v) is 43.3. The molecule has 0 radical (unpaired) electrons. The number of unbranched alkanes of at least 4 members (excludes halogenated alkanes) is 2. The molecule has 2 N–H and O–H groups in total. The third-order valence-electron chi connectivity index (χ3n) is 12.6. The SMILES string of the molecule is C=C1CC(C(=O)c2cc(OC)c(OCCCCCOc3cc(NC(=O)OC(C)(C)C)c(C(=O)C4CC(=C)C[C@H]4CO[Si](C)(C)C(C)(C)C)cc3OC)cc2NC(=O)OC(C)(C)C)[C@H](CC)C1. The Balaban J connectivity index is 1.47. The zero-order chi connectivity index (χ0) is 49.4. The number of rotatable bonds is 20. The van der Waals surface area contributed by atoms with E-state index in [4.69, 9.17) is 32.8 Å². The van der Waals surface area contributed by atoms with Crippen LogP contribution >= 0.6 is 0 Å². The van der Waals surface area contributed by atoms with Gasteiger partial charge in [0.25, 0.3) is 0 Å². The molecule has 4 rings (SSSR count). The number of benzene rings is 2. The summed E-state index contributed by atoms with van der Waals surface area (Å²) in [6.07, 6.45) is 4.08. The van der Waals surface area contributed by atoms with Gasteiger partial charge in [0.2, 0.25) is 0 Å². The first-order chi connectivity index (χ1) is 30.7. The highest BCUT2D eigenvalue weighted by molar-refractivity contribution is 6.74. The van der Waals surface area contributed by atoms with Crippen molar-refractivity contribution < 1.29 is 52.0 Å². The average molecular weight is 935 g/mol. The smallest absolute Gasteiger partial charge is 0.412 e. The molecule has 0 saturated heterocycles. The Labute approximate surface area is 395 Å². The molecule has 2 aromatic rings. The fourth-order valence-corrected chi connectivity index (χ4v) is 9.21. The average Bonchev–Trinajstić information content (AvgIpc) is 3.78. The Morgan fingerprint density at radius 1 is 0.621 bits per heavy atom. The summed E-state index contributed by atoms with van der Waals surface area (Å²) in [5.74, 6) is 0.715. The van der Waals surface area contributed by atoms with Crippen LogP contribution in [0.5, 0.6) is 23.0 Å². The molecule has 0 aromatic heterocycles. The number of ether oxygens (including phenoxy) is 6. The lowest BCUT2D eigenvalue weighted by Gasteiger charge is -2.37. The molecule has 2 saturated carbocycles. The van der Waals surface area contributed by atoms with Gasteiger partial charge in [-0.2, -0.15) is 0 Å². The highest BCUT2D eigenvalue weighted by Crippen LogP contribution is 2.45. The van der Waals surface area contributed by atoms with Crippen molar-refractivity contribution in [1.29, 1.82) is 0 Å². The number of hydrogen-bond donors (Lipinski definition) is 2. The Morgan fingerprint density at radius 2 is 1.03 bits per heavy atom. The summed E-state index contributed by atoms with van der Waals surface area (Å²) in [7, 11) is 0.951. The number of amides is 2. The molecule has 366 valence electrons. The van der Waals surface area contributed by atoms with E-state index in [1.807, 2.05) is 0 Å². The molecule has 2 amide bonds. The van der Waals surface area contributed by atoms with Gasteiger partial charge in [-0.1, -0.05) is 58.4 Å². The molecule has 4 atom stereocenters. The summed E-state index contributed by atoms with van der Waals surface area (Å²) in [5, 5.41) is 5.63. The number of anilines is 2. The maximum absolute atomic E-state index is 14.5. The van der Waals surface area contributed by atoms with Gasteiger partial charge in [-0.25, -0.2) is 9.59 Å². The van der Waals surface area contributed by atoms with E-state index < -0.39 is 31.7 Å². The standard InChI is InChI=1S/C52H78N2O11Si/c1-17-34-23-32(2)25-36(34)46(55)38-27-42(59-13)44(29-40(38)53-48(57)64-50(4,5)6)61-21-19-18-20-22-62-45-30-41(54-49(58)65-51(7,8)9)39(28-43(45)60-14)47(56)37-26-33(3)24-35(37)31-63-66(15,16)52(10,11)12/h27-30,34-37H,2-3,17-26,31H2,1,4-16H3,(H,53,57)(H,54,58)/t34-,35+,36?,37?/m1/s1. The molecule has 0 heterocycles. The molecule has 13 nitrogen and oxygen atoms in total. The lowest BCUT2D eigenvalue weighted by molar-refractivity contribution is 0.0624. The lowest BCUT2D eigenvalue weighted by atomic mass is 9.86. The van der Waals surface area contributed by atoms with Crippen molar-refractivity contribution in [3.63, 3.8) is 0 Å². The molecule has 0 spiro atoms. The van der Waals surface area contributed by atoms with E-state index in [1.54, 1.807) is 65.8 Å². The summed E-state index contributed by atoms with van der Waals surface area (Å²) >= 11 is 0. The maximum atomic E-state index is 14.5. The van der Waals surface area contributed by atoms with Gasteiger partial charge in [-0.15, -0.1) is 0 Å². The van der Waals surface area contributed by atoms with Gasteiger partial charge in [0.05, 0.1) is 38.8 Å². The Morgan fingerprint density at radius 3 is 1.41 bits per heavy atom. The first kappa shape index (κ1) is 53.8. The number of allylic oxidation sites excluding steroid dienone is 2. The second-order valence-electron chi connectivity index (χ2n) is 21.4. The van der Waals surface area contributed by atoms with Crippen molar-refractivity contribution in [2.24, 2.45) is 23.7 Å². The van der Waals surface area contributed by atoms with Crippen molar-refractivity contribution in [2.75, 3.05) is 44.7 Å². The van der Waals surface area contributed by atoms with E-state index in [0.29, 0.717) is 86.0 Å². The molecule has 2 aromatic carbocycles. The van der Waals surface area contributed by atoms with Gasteiger partial charge in [0, 0.05) is 41.7 Å². The van der Waals surface area contributed by atoms with E-state index in [9.17, 15) is 19.2 Å². The summed E-state index contributed by atoms with van der Waals surface area (Å²) in [6.45, 7) is 33.2. The lowest BCUT2D eigenvalue weighted by Crippen LogP contribution is -2.42. The number of carbonyl (C=O) groups excluding carboxylic acids is 4. The number of carbonyl (C=O) groups is 4. The van der Waals surface area contributed by atoms with Gasteiger partial charge in [-0.05, 0) is 129 Å². The molecule has 2 fully saturated rings. The van der Waals surface area contributed by atoms with Gasteiger partial charge >= 0.3 is 12.2 Å². The molecular formula is C52H78N2O11Si. The first-order valence-electron chi connectivity index (χ1n) is 23.4. The fraction of sp³-hybridized carbons (Fsp3) is 0.615. The van der Waals surface area contributed by atoms with Crippen LogP contribution < -0.4 is 29.6 Å². The van der Waals surface area contributed by atoms with Gasteiger partial charge < -0.3 is 32.8 Å². The quantitative estimate of drug-likeness (QED) is 0.0563. The minimum absolute atomic E-state index is 0.0201. The van der Waals surface area contributed by atoms with Crippen LogP contribution in [0, 0.1) is 23.7 Å². The van der Waals surface area contributed by atoms with Crippen LogP contribution in [0.4, 0.5) is 21.0 Å². The summed E-state index contributed by atoms with van der Waals surface area (Å²) < 4.78 is 41.6. The molecule has 14 heteroatoms. The molecule has 0 bridgehead atoms. The van der Waals surface area contributed by atoms with E-state index in [-0.39, 0.29) is 51.7 Å². The van der Waals surface area contributed by atoms with E-state index >= 15 is 0 Å². The Hall–Kier alpha value is -4.82. The van der Waals surface area contributed by atoms with E-state index in [1.165, 1.54) is 14.2 Å². The number of ketones is 2. The van der Waals surface area contributed by atoms with Crippen LogP contribution in [0.2, 0.25) is 18.1 Å². The predicted octanol–water partition coefficient (Wildman–Crippen LogP) is 13.0. The van der Waals surface area contributed by atoms with Gasteiger partial charge in [-0.3, -0.25) is 20.2 Å². The molecule has 0 aliphatic heterocycles. The third kappa shape index (κ3) is 14.8. The predicted molar refractivity (Wildman–Crippen MR) is 263 cm³/mol. The van der Waals surface area contributed by atoms with Gasteiger partial charge in [0.15, 0.2) is 42.9 Å². The summed E-state index contributed by atoms with van der Waals surface area (Å²) in [4.78, 5) is 54.7. The molecule has 2 unspecified atom stereocenters. The highest BCUT2D eigenvalue weighted by Gasteiger charge is 2.42. The Kier molecular flexibility index (Phi) is 18.2.